The van der Waals surface area contributed by atoms with Crippen LogP contribution >= 0.6 is 11.3 Å². The van der Waals surface area contributed by atoms with E-state index in [0.717, 1.165) is 6.26 Å². The predicted molar refractivity (Wildman–Crippen MR) is 113 cm³/mol. The molecule has 1 amide bonds. The number of imidazole rings is 1. The number of carbonyl (C=O) groups excluding carboxylic acids is 1. The lowest BCUT2D eigenvalue weighted by Crippen LogP contribution is -2.23. The van der Waals surface area contributed by atoms with E-state index in [1.54, 1.807) is 46.3 Å². The van der Waals surface area contributed by atoms with Crippen molar-refractivity contribution in [2.75, 3.05) is 11.2 Å². The number of hydrogen-bond acceptors (Lipinski definition) is 6. The molecule has 0 radical (unpaired) electrons. The zero-order valence-corrected chi connectivity index (χ0v) is 17.7. The molecule has 30 heavy (non-hydrogen) atoms. The van der Waals surface area contributed by atoms with Crippen molar-refractivity contribution < 1.29 is 17.6 Å². The van der Waals surface area contributed by atoms with Gasteiger partial charge in [0, 0.05) is 18.6 Å². The Morgan fingerprint density at radius 1 is 1.13 bits per heavy atom. The molecule has 0 atom stereocenters. The van der Waals surface area contributed by atoms with Crippen LogP contribution in [-0.2, 0) is 21.2 Å². The maximum absolute atomic E-state index is 14.3. The molecule has 2 aromatic carbocycles. The summed E-state index contributed by atoms with van der Waals surface area (Å²) in [4.78, 5) is 22.1. The summed E-state index contributed by atoms with van der Waals surface area (Å²) in [7, 11) is -3.57. The fourth-order valence-electron chi connectivity index (χ4n) is 3.16. The second kappa shape index (κ2) is 7.62. The lowest BCUT2D eigenvalue weighted by molar-refractivity contribution is -0.115. The van der Waals surface area contributed by atoms with E-state index in [1.807, 2.05) is 0 Å². The Kier molecular flexibility index (Phi) is 5.12. The van der Waals surface area contributed by atoms with Crippen molar-refractivity contribution in [3.8, 4) is 0 Å². The van der Waals surface area contributed by atoms with Gasteiger partial charge in [-0.3, -0.25) is 9.69 Å². The van der Waals surface area contributed by atoms with E-state index in [0.29, 0.717) is 21.9 Å². The van der Waals surface area contributed by atoms with Crippen molar-refractivity contribution in [3.63, 3.8) is 0 Å². The number of amides is 1. The van der Waals surface area contributed by atoms with Crippen LogP contribution in [0.2, 0.25) is 0 Å². The van der Waals surface area contributed by atoms with Gasteiger partial charge in [-0.15, -0.1) is 11.3 Å². The van der Waals surface area contributed by atoms with Crippen LogP contribution in [0.25, 0.3) is 11.0 Å². The number of nitrogens with zero attached hydrogens (tertiary/aromatic N) is 4. The Bertz CT molecular complexity index is 1360. The molecule has 0 aliphatic carbocycles. The Morgan fingerprint density at radius 3 is 2.53 bits per heavy atom. The summed E-state index contributed by atoms with van der Waals surface area (Å²) < 4.78 is 40.3. The Labute approximate surface area is 176 Å². The van der Waals surface area contributed by atoms with Crippen LogP contribution in [0.1, 0.15) is 12.6 Å². The lowest BCUT2D eigenvalue weighted by Gasteiger charge is -2.18. The third-order valence-electron chi connectivity index (χ3n) is 4.41. The fourth-order valence-corrected chi connectivity index (χ4v) is 4.86. The molecule has 154 valence electrons. The molecular weight excluding hydrogens is 427 g/mol. The van der Waals surface area contributed by atoms with Crippen molar-refractivity contribution >= 4 is 48.9 Å². The molecule has 0 aliphatic rings. The number of benzene rings is 2. The zero-order valence-electron chi connectivity index (χ0n) is 16.1. The number of carbonyl (C=O) groups is 1. The van der Waals surface area contributed by atoms with Crippen molar-refractivity contribution in [1.29, 1.82) is 0 Å². The van der Waals surface area contributed by atoms with Crippen molar-refractivity contribution in [3.05, 3.63) is 65.4 Å². The molecule has 0 saturated carbocycles. The van der Waals surface area contributed by atoms with Gasteiger partial charge in [-0.05, 0) is 24.3 Å². The van der Waals surface area contributed by atoms with Crippen LogP contribution in [0.5, 0.6) is 0 Å². The zero-order chi connectivity index (χ0) is 21.5. The molecule has 4 aromatic rings. The summed E-state index contributed by atoms with van der Waals surface area (Å²) in [5, 5.41) is 1.95. The number of thiazole rings is 1. The van der Waals surface area contributed by atoms with Crippen LogP contribution in [0.4, 0.5) is 15.2 Å². The number of fused-ring (bicyclic) bond motifs is 1. The summed E-state index contributed by atoms with van der Waals surface area (Å²) in [6.07, 6.45) is 1.10. The minimum Gasteiger partial charge on any atom is -0.309 e. The fraction of sp³-hybridized carbons (Fsp3) is 0.150. The van der Waals surface area contributed by atoms with Crippen LogP contribution in [0.15, 0.2) is 59.1 Å². The van der Waals surface area contributed by atoms with Gasteiger partial charge in [0.15, 0.2) is 5.13 Å². The first-order chi connectivity index (χ1) is 14.3. The highest BCUT2D eigenvalue weighted by Crippen LogP contribution is 2.31. The summed E-state index contributed by atoms with van der Waals surface area (Å²) in [5.74, 6) is -0.921. The van der Waals surface area contributed by atoms with E-state index >= 15 is 0 Å². The highest BCUT2D eigenvalue weighted by Gasteiger charge is 2.23. The maximum Gasteiger partial charge on any atom is 0.230 e. The molecule has 10 heteroatoms. The lowest BCUT2D eigenvalue weighted by atomic mass is 10.3. The number of rotatable bonds is 5. The summed E-state index contributed by atoms with van der Waals surface area (Å²) in [5.41, 5.74) is 1.86. The van der Waals surface area contributed by atoms with E-state index in [4.69, 9.17) is 0 Å². The van der Waals surface area contributed by atoms with Gasteiger partial charge in [-0.25, -0.2) is 22.8 Å². The topological polar surface area (TPSA) is 85.2 Å². The molecule has 0 bridgehead atoms. The molecule has 2 heterocycles. The second-order valence-electron chi connectivity index (χ2n) is 6.67. The third-order valence-corrected chi connectivity index (χ3v) is 6.26. The molecule has 0 unspecified atom stereocenters. The molecule has 0 N–H and O–H groups in total. The average Bonchev–Trinajstić information content (AvgIpc) is 3.29. The molecule has 7 nitrogen and oxygen atoms in total. The molecule has 0 saturated heterocycles. The number of halogens is 1. The number of para-hydroxylation sites is 3. The number of hydrogen-bond donors (Lipinski definition) is 0. The largest absolute Gasteiger partial charge is 0.309 e. The first-order valence-electron chi connectivity index (χ1n) is 8.90. The van der Waals surface area contributed by atoms with Crippen molar-refractivity contribution in [1.82, 2.24) is 14.5 Å². The number of anilines is 2. The average molecular weight is 445 g/mol. The molecular formula is C20H17FN4O3S2. The SMILES string of the molecule is CC(=O)N(c1nc(Cn2c(S(C)(=O)=O)nc3ccccc32)cs1)c1ccccc1F. The van der Waals surface area contributed by atoms with Gasteiger partial charge in [-0.1, -0.05) is 24.3 Å². The minimum absolute atomic E-state index is 0.0595. The molecule has 0 aliphatic heterocycles. The minimum atomic E-state index is -3.57. The van der Waals surface area contributed by atoms with Crippen molar-refractivity contribution in [2.45, 2.75) is 18.6 Å². The number of aromatic nitrogens is 3. The van der Waals surface area contributed by atoms with Gasteiger partial charge in [-0.2, -0.15) is 0 Å². The Balaban J connectivity index is 1.76. The van der Waals surface area contributed by atoms with Crippen LogP contribution in [-0.4, -0.2) is 35.1 Å². The number of sulfone groups is 1. The van der Waals surface area contributed by atoms with Crippen LogP contribution in [0, 0.1) is 5.82 Å². The summed E-state index contributed by atoms with van der Waals surface area (Å²) >= 11 is 1.17. The Hall–Kier alpha value is -3.11. The normalized spacial score (nSPS) is 11.7. The smallest absolute Gasteiger partial charge is 0.230 e. The first-order valence-corrected chi connectivity index (χ1v) is 11.7. The first kappa shape index (κ1) is 20.2. The highest BCUT2D eigenvalue weighted by atomic mass is 32.2. The molecule has 0 spiro atoms. The van der Waals surface area contributed by atoms with E-state index in [9.17, 15) is 17.6 Å². The summed E-state index contributed by atoms with van der Waals surface area (Å²) in [6, 6.07) is 13.1. The molecule has 2 aromatic heterocycles. The van der Waals surface area contributed by atoms with Gasteiger partial charge in [0.1, 0.15) is 5.82 Å². The second-order valence-corrected chi connectivity index (χ2v) is 9.41. The molecule has 4 rings (SSSR count). The van der Waals surface area contributed by atoms with E-state index < -0.39 is 15.7 Å². The van der Waals surface area contributed by atoms with Gasteiger partial charge < -0.3 is 4.57 Å². The van der Waals surface area contributed by atoms with Gasteiger partial charge in [0.2, 0.25) is 20.9 Å². The standard InChI is InChI=1S/C20H17FN4O3S2/c1-13(26)25(17-9-5-3-7-15(17)21)19-22-14(12-29-19)11-24-18-10-6-4-8-16(18)23-20(24)30(2,27)28/h3-10,12H,11H2,1-2H3. The third kappa shape index (κ3) is 3.71. The quantitative estimate of drug-likeness (QED) is 0.468. The highest BCUT2D eigenvalue weighted by molar-refractivity contribution is 7.90. The van der Waals surface area contributed by atoms with Gasteiger partial charge in [0.25, 0.3) is 0 Å². The van der Waals surface area contributed by atoms with E-state index in [-0.39, 0.29) is 23.3 Å². The Morgan fingerprint density at radius 2 is 1.83 bits per heavy atom. The van der Waals surface area contributed by atoms with Crippen LogP contribution in [0.3, 0.4) is 0 Å². The van der Waals surface area contributed by atoms with Crippen molar-refractivity contribution in [2.24, 2.45) is 0 Å². The van der Waals surface area contributed by atoms with E-state index in [2.05, 4.69) is 9.97 Å². The maximum atomic E-state index is 14.3. The van der Waals surface area contributed by atoms with E-state index in [1.165, 1.54) is 35.3 Å². The monoisotopic (exact) mass is 444 g/mol. The summed E-state index contributed by atoms with van der Waals surface area (Å²) in [6.45, 7) is 1.47. The van der Waals surface area contributed by atoms with Gasteiger partial charge >= 0.3 is 0 Å². The predicted octanol–water partition coefficient (Wildman–Crippen LogP) is 3.77. The van der Waals surface area contributed by atoms with Gasteiger partial charge in [0.05, 0.1) is 29.0 Å². The van der Waals surface area contributed by atoms with Crippen LogP contribution < -0.4 is 4.90 Å². The molecule has 0 fully saturated rings.